The molecule has 1 aromatic heterocycles. The fraction of sp³-hybridized carbons (Fsp3) is 0.200. The number of halogens is 3. The number of aromatic amines is 1. The number of hydrogen-bond acceptors (Lipinski definition) is 2. The third-order valence-corrected chi connectivity index (χ3v) is 3.11. The number of carbonyl (C=O) groups excluding carboxylic acids is 1. The van der Waals surface area contributed by atoms with Gasteiger partial charge in [-0.05, 0) is 30.7 Å². The van der Waals surface area contributed by atoms with E-state index in [-0.39, 0.29) is 11.1 Å². The lowest BCUT2D eigenvalue weighted by Gasteiger charge is -2.16. The molecule has 116 valence electrons. The minimum atomic E-state index is -4.43. The zero-order chi connectivity index (χ0) is 16.3. The molecule has 0 radical (unpaired) electrons. The fourth-order valence-corrected chi connectivity index (χ4v) is 1.90. The molecule has 1 amide bonds. The average molecular weight is 310 g/mol. The average Bonchev–Trinajstić information content (AvgIpc) is 2.47. The predicted molar refractivity (Wildman–Crippen MR) is 74.4 cm³/mol. The van der Waals surface area contributed by atoms with Gasteiger partial charge in [-0.2, -0.15) is 13.2 Å². The first kappa shape index (κ1) is 15.8. The largest absolute Gasteiger partial charge is 0.416 e. The number of H-pyrrole nitrogens is 1. The van der Waals surface area contributed by atoms with E-state index in [9.17, 15) is 22.8 Å². The zero-order valence-corrected chi connectivity index (χ0v) is 11.6. The Labute approximate surface area is 124 Å². The Bertz CT molecular complexity index is 718. The normalized spacial score (nSPS) is 12.7. The minimum Gasteiger partial charge on any atom is -0.345 e. The maximum atomic E-state index is 12.7. The van der Waals surface area contributed by atoms with E-state index in [1.807, 2.05) is 0 Å². The topological polar surface area (TPSA) is 62.0 Å². The van der Waals surface area contributed by atoms with Crippen molar-refractivity contribution in [1.82, 2.24) is 10.3 Å². The maximum Gasteiger partial charge on any atom is 0.416 e. The van der Waals surface area contributed by atoms with Crippen LogP contribution >= 0.6 is 0 Å². The predicted octanol–water partition coefficient (Wildman–Crippen LogP) is 2.88. The lowest BCUT2D eigenvalue weighted by atomic mass is 10.0. The van der Waals surface area contributed by atoms with E-state index in [1.54, 1.807) is 6.92 Å². The summed E-state index contributed by atoms with van der Waals surface area (Å²) in [5, 5.41) is 2.58. The SMILES string of the molecule is C[C@H](NC(=O)c1ccc(=O)[nH]c1)c1cccc(C(F)(F)F)c1. The molecule has 0 aliphatic carbocycles. The molecule has 0 unspecified atom stereocenters. The molecule has 0 saturated carbocycles. The first-order valence-corrected chi connectivity index (χ1v) is 6.44. The molecule has 2 rings (SSSR count). The second-order valence-electron chi connectivity index (χ2n) is 4.76. The van der Waals surface area contributed by atoms with E-state index in [1.165, 1.54) is 30.5 Å². The van der Waals surface area contributed by atoms with Crippen LogP contribution in [0.3, 0.4) is 0 Å². The Morgan fingerprint density at radius 3 is 2.55 bits per heavy atom. The third kappa shape index (κ3) is 3.75. The first-order chi connectivity index (χ1) is 10.3. The molecule has 22 heavy (non-hydrogen) atoms. The highest BCUT2D eigenvalue weighted by Gasteiger charge is 2.30. The summed E-state index contributed by atoms with van der Waals surface area (Å²) >= 11 is 0. The van der Waals surface area contributed by atoms with Crippen LogP contribution in [0.5, 0.6) is 0 Å². The highest BCUT2D eigenvalue weighted by atomic mass is 19.4. The van der Waals surface area contributed by atoms with Gasteiger partial charge in [0.2, 0.25) is 5.56 Å². The minimum absolute atomic E-state index is 0.221. The van der Waals surface area contributed by atoms with E-state index in [0.717, 1.165) is 12.1 Å². The van der Waals surface area contributed by atoms with E-state index in [4.69, 9.17) is 0 Å². The summed E-state index contributed by atoms with van der Waals surface area (Å²) in [6.07, 6.45) is -3.19. The summed E-state index contributed by atoms with van der Waals surface area (Å²) in [5.74, 6) is -0.485. The Morgan fingerprint density at radius 2 is 1.95 bits per heavy atom. The van der Waals surface area contributed by atoms with Gasteiger partial charge in [0.15, 0.2) is 0 Å². The smallest absolute Gasteiger partial charge is 0.345 e. The van der Waals surface area contributed by atoms with Gasteiger partial charge >= 0.3 is 6.18 Å². The maximum absolute atomic E-state index is 12.7. The molecule has 0 fully saturated rings. The summed E-state index contributed by atoms with van der Waals surface area (Å²) in [6.45, 7) is 1.58. The summed E-state index contributed by atoms with van der Waals surface area (Å²) in [6, 6.07) is 6.70. The fourth-order valence-electron chi connectivity index (χ4n) is 1.90. The van der Waals surface area contributed by atoms with Crippen molar-refractivity contribution in [2.45, 2.75) is 19.1 Å². The lowest BCUT2D eigenvalue weighted by Crippen LogP contribution is -2.27. The van der Waals surface area contributed by atoms with Gasteiger partial charge < -0.3 is 10.3 Å². The number of rotatable bonds is 3. The summed E-state index contributed by atoms with van der Waals surface area (Å²) in [5.41, 5.74) is -0.552. The standard InChI is InChI=1S/C15H13F3N2O2/c1-9(10-3-2-4-12(7-10)15(16,17)18)20-14(22)11-5-6-13(21)19-8-11/h2-9H,1H3,(H,19,21)(H,20,22)/t9-/m0/s1. The van der Waals surface area contributed by atoms with Crippen LogP contribution in [0.15, 0.2) is 47.4 Å². The van der Waals surface area contributed by atoms with Crippen molar-refractivity contribution >= 4 is 5.91 Å². The zero-order valence-electron chi connectivity index (χ0n) is 11.6. The van der Waals surface area contributed by atoms with Gasteiger partial charge in [0.1, 0.15) is 0 Å². The van der Waals surface area contributed by atoms with Crippen molar-refractivity contribution in [3.05, 3.63) is 69.6 Å². The molecular formula is C15H13F3N2O2. The quantitative estimate of drug-likeness (QED) is 0.915. The van der Waals surface area contributed by atoms with Crippen LogP contribution in [0.2, 0.25) is 0 Å². The van der Waals surface area contributed by atoms with Crippen LogP contribution in [-0.2, 0) is 6.18 Å². The van der Waals surface area contributed by atoms with Crippen molar-refractivity contribution < 1.29 is 18.0 Å². The van der Waals surface area contributed by atoms with E-state index < -0.39 is 23.7 Å². The highest BCUT2D eigenvalue weighted by molar-refractivity contribution is 5.94. The number of alkyl halides is 3. The Kier molecular flexibility index (Phi) is 4.35. The van der Waals surface area contributed by atoms with Crippen molar-refractivity contribution in [2.24, 2.45) is 0 Å². The number of aromatic nitrogens is 1. The van der Waals surface area contributed by atoms with E-state index in [0.29, 0.717) is 5.56 Å². The molecule has 0 aliphatic rings. The molecule has 0 spiro atoms. The second kappa shape index (κ2) is 6.05. The molecule has 0 aliphatic heterocycles. The van der Waals surface area contributed by atoms with E-state index >= 15 is 0 Å². The Balaban J connectivity index is 2.15. The van der Waals surface area contributed by atoms with Gasteiger partial charge in [0, 0.05) is 12.3 Å². The molecule has 2 aromatic rings. The van der Waals surface area contributed by atoms with Crippen LogP contribution in [0, 0.1) is 0 Å². The van der Waals surface area contributed by atoms with Gasteiger partial charge in [-0.3, -0.25) is 9.59 Å². The molecule has 1 heterocycles. The van der Waals surface area contributed by atoms with Crippen molar-refractivity contribution in [3.8, 4) is 0 Å². The molecule has 1 atom stereocenters. The monoisotopic (exact) mass is 310 g/mol. The van der Waals surface area contributed by atoms with Crippen molar-refractivity contribution in [3.63, 3.8) is 0 Å². The molecule has 0 bridgehead atoms. The highest BCUT2D eigenvalue weighted by Crippen LogP contribution is 2.30. The van der Waals surface area contributed by atoms with Crippen LogP contribution in [0.4, 0.5) is 13.2 Å². The first-order valence-electron chi connectivity index (χ1n) is 6.44. The van der Waals surface area contributed by atoms with Crippen molar-refractivity contribution in [2.75, 3.05) is 0 Å². The van der Waals surface area contributed by atoms with Gasteiger partial charge in [0.05, 0.1) is 17.2 Å². The lowest BCUT2D eigenvalue weighted by molar-refractivity contribution is -0.137. The van der Waals surface area contributed by atoms with Gasteiger partial charge in [-0.1, -0.05) is 12.1 Å². The number of nitrogens with one attached hydrogen (secondary N) is 2. The van der Waals surface area contributed by atoms with Crippen LogP contribution in [-0.4, -0.2) is 10.9 Å². The number of amides is 1. The van der Waals surface area contributed by atoms with Gasteiger partial charge in [-0.25, -0.2) is 0 Å². The molecular weight excluding hydrogens is 297 g/mol. The van der Waals surface area contributed by atoms with Crippen LogP contribution < -0.4 is 10.9 Å². The molecule has 2 N–H and O–H groups in total. The van der Waals surface area contributed by atoms with Crippen LogP contribution in [0.25, 0.3) is 0 Å². The molecule has 4 nitrogen and oxygen atoms in total. The van der Waals surface area contributed by atoms with Gasteiger partial charge in [0.25, 0.3) is 5.91 Å². The van der Waals surface area contributed by atoms with Crippen molar-refractivity contribution in [1.29, 1.82) is 0 Å². The molecule has 0 saturated heterocycles. The third-order valence-electron chi connectivity index (χ3n) is 3.11. The number of hydrogen-bond donors (Lipinski definition) is 2. The van der Waals surface area contributed by atoms with Crippen LogP contribution in [0.1, 0.15) is 34.5 Å². The summed E-state index contributed by atoms with van der Waals surface area (Å²) in [7, 11) is 0. The number of carbonyl (C=O) groups is 1. The number of benzene rings is 1. The van der Waals surface area contributed by atoms with Gasteiger partial charge in [-0.15, -0.1) is 0 Å². The number of pyridine rings is 1. The second-order valence-corrected chi connectivity index (χ2v) is 4.76. The summed E-state index contributed by atoms with van der Waals surface area (Å²) in [4.78, 5) is 25.2. The molecule has 7 heteroatoms. The molecule has 1 aromatic carbocycles. The summed E-state index contributed by atoms with van der Waals surface area (Å²) < 4.78 is 38.0. The Morgan fingerprint density at radius 1 is 1.23 bits per heavy atom. The Hall–Kier alpha value is -2.57. The van der Waals surface area contributed by atoms with E-state index in [2.05, 4.69) is 10.3 Å².